The Morgan fingerprint density at radius 1 is 1.08 bits per heavy atom. The van der Waals surface area contributed by atoms with E-state index in [4.69, 9.17) is 4.42 Å². The molecule has 0 unspecified atom stereocenters. The number of hydrogen-bond acceptors (Lipinski definition) is 3. The lowest BCUT2D eigenvalue weighted by Crippen LogP contribution is -2.25. The Kier molecular flexibility index (Phi) is 4.21. The van der Waals surface area contributed by atoms with Gasteiger partial charge in [0.25, 0.3) is 0 Å². The van der Waals surface area contributed by atoms with Gasteiger partial charge in [-0.25, -0.2) is 4.98 Å². The minimum atomic E-state index is 0.0430. The number of nitrogens with zero attached hydrogens (tertiary/aromatic N) is 1. The zero-order chi connectivity index (χ0) is 17.1. The van der Waals surface area contributed by atoms with Crippen LogP contribution in [0.25, 0.3) is 22.0 Å². The fraction of sp³-hybridized carbons (Fsp3) is 0.200. The summed E-state index contributed by atoms with van der Waals surface area (Å²) in [7, 11) is 0. The minimum absolute atomic E-state index is 0.0430. The molecule has 4 rings (SSSR count). The quantitative estimate of drug-likeness (QED) is 0.566. The molecule has 0 saturated carbocycles. The Bertz CT molecular complexity index is 983. The number of H-pyrrole nitrogens is 1. The zero-order valence-corrected chi connectivity index (χ0v) is 13.8. The highest BCUT2D eigenvalue weighted by atomic mass is 16.3. The first kappa shape index (κ1) is 15.4. The van der Waals surface area contributed by atoms with Gasteiger partial charge in [-0.15, -0.1) is 0 Å². The summed E-state index contributed by atoms with van der Waals surface area (Å²) in [6, 6.07) is 15.8. The van der Waals surface area contributed by atoms with E-state index >= 15 is 0 Å². The molecule has 0 bridgehead atoms. The van der Waals surface area contributed by atoms with Crippen molar-refractivity contribution in [3.63, 3.8) is 0 Å². The average molecular weight is 333 g/mol. The summed E-state index contributed by atoms with van der Waals surface area (Å²) in [6.45, 7) is 0.527. The van der Waals surface area contributed by atoms with Crippen LogP contribution in [-0.4, -0.2) is 22.4 Å². The molecule has 25 heavy (non-hydrogen) atoms. The maximum atomic E-state index is 12.1. The number of para-hydroxylation sites is 3. The van der Waals surface area contributed by atoms with E-state index in [1.54, 1.807) is 0 Å². The van der Waals surface area contributed by atoms with Crippen molar-refractivity contribution >= 4 is 27.9 Å². The summed E-state index contributed by atoms with van der Waals surface area (Å²) in [5.74, 6) is 0.694. The molecular formula is C20H19N3O2. The molecule has 0 aliphatic heterocycles. The molecule has 1 amide bonds. The highest BCUT2D eigenvalue weighted by molar-refractivity contribution is 5.84. The van der Waals surface area contributed by atoms with Gasteiger partial charge in [0, 0.05) is 36.5 Å². The molecule has 0 aliphatic rings. The molecule has 4 aromatic rings. The predicted molar refractivity (Wildman–Crippen MR) is 97.3 cm³/mol. The molecule has 126 valence electrons. The molecule has 2 heterocycles. The number of amides is 1. The van der Waals surface area contributed by atoms with Crippen molar-refractivity contribution in [3.05, 3.63) is 66.2 Å². The van der Waals surface area contributed by atoms with E-state index in [9.17, 15) is 4.79 Å². The van der Waals surface area contributed by atoms with Crippen LogP contribution >= 0.6 is 0 Å². The van der Waals surface area contributed by atoms with Crippen molar-refractivity contribution in [2.45, 2.75) is 19.3 Å². The predicted octanol–water partition coefficient (Wildman–Crippen LogP) is 3.60. The van der Waals surface area contributed by atoms with Crippen molar-refractivity contribution < 1.29 is 9.21 Å². The molecular weight excluding hydrogens is 314 g/mol. The number of aromatic nitrogens is 2. The Morgan fingerprint density at radius 3 is 2.84 bits per heavy atom. The molecule has 5 heteroatoms. The van der Waals surface area contributed by atoms with Crippen molar-refractivity contribution in [2.75, 3.05) is 6.54 Å². The molecule has 0 aliphatic carbocycles. The lowest BCUT2D eigenvalue weighted by molar-refractivity contribution is -0.121. The van der Waals surface area contributed by atoms with E-state index in [0.29, 0.717) is 25.3 Å². The van der Waals surface area contributed by atoms with E-state index in [-0.39, 0.29) is 5.91 Å². The average Bonchev–Trinajstić information content (AvgIpc) is 3.23. The summed E-state index contributed by atoms with van der Waals surface area (Å²) in [4.78, 5) is 19.7. The van der Waals surface area contributed by atoms with Gasteiger partial charge < -0.3 is 14.7 Å². The van der Waals surface area contributed by atoms with Crippen LogP contribution in [0.15, 0.2) is 59.1 Å². The van der Waals surface area contributed by atoms with Crippen LogP contribution in [0.4, 0.5) is 0 Å². The van der Waals surface area contributed by atoms with Crippen molar-refractivity contribution in [3.8, 4) is 0 Å². The Labute approximate surface area is 145 Å². The Hall–Kier alpha value is -3.08. The van der Waals surface area contributed by atoms with Gasteiger partial charge in [0.2, 0.25) is 5.91 Å². The number of aromatic amines is 1. The molecule has 0 fully saturated rings. The molecule has 0 spiro atoms. The number of hydrogen-bond donors (Lipinski definition) is 2. The van der Waals surface area contributed by atoms with Gasteiger partial charge in [0.1, 0.15) is 5.52 Å². The Balaban J connectivity index is 1.27. The number of carbonyl (C=O) groups excluding carboxylic acids is 1. The molecule has 2 aromatic carbocycles. The first-order chi connectivity index (χ1) is 12.3. The van der Waals surface area contributed by atoms with Gasteiger partial charge in [0.05, 0.1) is 0 Å². The summed E-state index contributed by atoms with van der Waals surface area (Å²) in [5.41, 5.74) is 3.91. The maximum Gasteiger partial charge on any atom is 0.220 e. The maximum absolute atomic E-state index is 12.1. The van der Waals surface area contributed by atoms with Gasteiger partial charge in [-0.1, -0.05) is 30.3 Å². The number of benzene rings is 2. The highest BCUT2D eigenvalue weighted by Gasteiger charge is 2.08. The van der Waals surface area contributed by atoms with Crippen LogP contribution in [0.5, 0.6) is 0 Å². The van der Waals surface area contributed by atoms with Gasteiger partial charge >= 0.3 is 0 Å². The third-order valence-electron chi connectivity index (χ3n) is 4.30. The van der Waals surface area contributed by atoms with Crippen molar-refractivity contribution in [2.24, 2.45) is 0 Å². The van der Waals surface area contributed by atoms with Crippen LogP contribution in [0.2, 0.25) is 0 Å². The number of aryl methyl sites for hydroxylation is 1. The molecule has 2 N–H and O–H groups in total. The molecule has 5 nitrogen and oxygen atoms in total. The standard InChI is InChI=1S/C20H19N3O2/c24-19(10-9-14-13-22-16-6-2-1-5-15(14)16)21-12-11-20-23-17-7-3-4-8-18(17)25-20/h1-8,13,22H,9-12H2,(H,21,24). The first-order valence-corrected chi connectivity index (χ1v) is 8.46. The zero-order valence-electron chi connectivity index (χ0n) is 13.8. The number of nitrogens with one attached hydrogen (secondary N) is 2. The fourth-order valence-corrected chi connectivity index (χ4v) is 3.01. The second kappa shape index (κ2) is 6.81. The molecule has 0 saturated heterocycles. The van der Waals surface area contributed by atoms with E-state index in [0.717, 1.165) is 23.0 Å². The topological polar surface area (TPSA) is 70.9 Å². The lowest BCUT2D eigenvalue weighted by atomic mass is 10.1. The third kappa shape index (κ3) is 3.40. The van der Waals surface area contributed by atoms with E-state index in [1.165, 1.54) is 10.9 Å². The number of fused-ring (bicyclic) bond motifs is 2. The molecule has 2 aromatic heterocycles. The van der Waals surface area contributed by atoms with E-state index in [1.807, 2.05) is 48.7 Å². The van der Waals surface area contributed by atoms with Crippen molar-refractivity contribution in [1.29, 1.82) is 0 Å². The number of carbonyl (C=O) groups is 1. The highest BCUT2D eigenvalue weighted by Crippen LogP contribution is 2.19. The smallest absolute Gasteiger partial charge is 0.220 e. The first-order valence-electron chi connectivity index (χ1n) is 8.46. The minimum Gasteiger partial charge on any atom is -0.441 e. The van der Waals surface area contributed by atoms with Gasteiger partial charge in [-0.2, -0.15) is 0 Å². The second-order valence-electron chi connectivity index (χ2n) is 6.03. The van der Waals surface area contributed by atoms with Crippen molar-refractivity contribution in [1.82, 2.24) is 15.3 Å². The second-order valence-corrected chi connectivity index (χ2v) is 6.03. The summed E-state index contributed by atoms with van der Waals surface area (Å²) in [5, 5.41) is 4.12. The number of oxazole rings is 1. The van der Waals surface area contributed by atoms with E-state index < -0.39 is 0 Å². The van der Waals surface area contributed by atoms with Crippen LogP contribution in [0.1, 0.15) is 17.9 Å². The van der Waals surface area contributed by atoms with E-state index in [2.05, 4.69) is 21.4 Å². The Morgan fingerprint density at radius 2 is 1.92 bits per heavy atom. The third-order valence-corrected chi connectivity index (χ3v) is 4.30. The normalized spacial score (nSPS) is 11.2. The van der Waals surface area contributed by atoms with Gasteiger partial charge in [-0.05, 0) is 30.2 Å². The van der Waals surface area contributed by atoms with Crippen LogP contribution in [0, 0.1) is 0 Å². The summed E-state index contributed by atoms with van der Waals surface area (Å²) < 4.78 is 5.65. The monoisotopic (exact) mass is 333 g/mol. The summed E-state index contributed by atoms with van der Waals surface area (Å²) >= 11 is 0. The molecule has 0 atom stereocenters. The SMILES string of the molecule is O=C(CCc1c[nH]c2ccccc12)NCCc1nc2ccccc2o1. The van der Waals surface area contributed by atoms with Gasteiger partial charge in [0.15, 0.2) is 11.5 Å². The van der Waals surface area contributed by atoms with Crippen LogP contribution < -0.4 is 5.32 Å². The van der Waals surface area contributed by atoms with Crippen LogP contribution in [0.3, 0.4) is 0 Å². The van der Waals surface area contributed by atoms with Crippen LogP contribution in [-0.2, 0) is 17.6 Å². The number of rotatable bonds is 6. The fourth-order valence-electron chi connectivity index (χ4n) is 3.01. The largest absolute Gasteiger partial charge is 0.441 e. The molecule has 0 radical (unpaired) electrons. The summed E-state index contributed by atoms with van der Waals surface area (Å²) in [6.07, 6.45) is 3.76. The lowest BCUT2D eigenvalue weighted by Gasteiger charge is -2.03. The van der Waals surface area contributed by atoms with Gasteiger partial charge in [-0.3, -0.25) is 4.79 Å².